The van der Waals surface area contributed by atoms with Crippen molar-refractivity contribution < 1.29 is 9.57 Å². The van der Waals surface area contributed by atoms with Gasteiger partial charge in [0.2, 0.25) is 0 Å². The molecule has 0 bridgehead atoms. The second-order valence-electron chi connectivity index (χ2n) is 4.85. The summed E-state index contributed by atoms with van der Waals surface area (Å²) in [5.41, 5.74) is 0. The fourth-order valence-electron chi connectivity index (χ4n) is 2.11. The molecule has 0 aromatic heterocycles. The van der Waals surface area contributed by atoms with Gasteiger partial charge in [-0.25, -0.2) is 0 Å². The highest BCUT2D eigenvalue weighted by Crippen LogP contribution is 2.08. The van der Waals surface area contributed by atoms with E-state index in [0.29, 0.717) is 0 Å². The molecule has 0 amide bonds. The Morgan fingerprint density at radius 3 is 2.12 bits per heavy atom. The van der Waals surface area contributed by atoms with Gasteiger partial charge in [0, 0.05) is 13.1 Å². The second kappa shape index (κ2) is 11.0. The quantitative estimate of drug-likeness (QED) is 0.549. The highest BCUT2D eigenvalue weighted by atomic mass is 16.7. The average Bonchev–Trinajstić information content (AvgIpc) is 2.38. The maximum absolute atomic E-state index is 5.68. The number of unbranched alkanes of at least 4 members (excludes halogenated alkanes) is 7. The van der Waals surface area contributed by atoms with Crippen molar-refractivity contribution in [1.29, 1.82) is 0 Å². The average molecular weight is 243 g/mol. The molecule has 0 spiro atoms. The SMILES string of the molecule is CCCCCCCCCCON1CCOCC1. The van der Waals surface area contributed by atoms with Gasteiger partial charge in [-0.2, -0.15) is 5.06 Å². The van der Waals surface area contributed by atoms with Crippen LogP contribution in [0.25, 0.3) is 0 Å². The molecule has 1 aliphatic rings. The molecule has 1 heterocycles. The van der Waals surface area contributed by atoms with E-state index >= 15 is 0 Å². The molecule has 0 N–H and O–H groups in total. The van der Waals surface area contributed by atoms with Gasteiger partial charge in [-0.05, 0) is 6.42 Å². The smallest absolute Gasteiger partial charge is 0.0685 e. The Hall–Kier alpha value is -0.120. The van der Waals surface area contributed by atoms with Gasteiger partial charge in [-0.3, -0.25) is 4.84 Å². The molecule has 0 aromatic carbocycles. The lowest BCUT2D eigenvalue weighted by Gasteiger charge is -2.25. The van der Waals surface area contributed by atoms with E-state index < -0.39 is 0 Å². The number of rotatable bonds is 10. The van der Waals surface area contributed by atoms with E-state index in [9.17, 15) is 0 Å². The third-order valence-electron chi connectivity index (χ3n) is 3.24. The minimum atomic E-state index is 0.817. The van der Waals surface area contributed by atoms with E-state index in [0.717, 1.165) is 32.9 Å². The molecule has 1 aliphatic heterocycles. The minimum absolute atomic E-state index is 0.817. The molecule has 0 aliphatic carbocycles. The van der Waals surface area contributed by atoms with Crippen molar-refractivity contribution in [2.75, 3.05) is 32.9 Å². The number of hydrogen-bond donors (Lipinski definition) is 0. The monoisotopic (exact) mass is 243 g/mol. The van der Waals surface area contributed by atoms with Gasteiger partial charge in [0.05, 0.1) is 19.8 Å². The fraction of sp³-hybridized carbons (Fsp3) is 1.00. The molecule has 0 unspecified atom stereocenters. The summed E-state index contributed by atoms with van der Waals surface area (Å²) in [5, 5.41) is 2.05. The molecule has 0 saturated carbocycles. The van der Waals surface area contributed by atoms with Crippen LogP contribution in [0.5, 0.6) is 0 Å². The zero-order valence-electron chi connectivity index (χ0n) is 11.5. The molecule has 0 atom stereocenters. The van der Waals surface area contributed by atoms with Gasteiger partial charge >= 0.3 is 0 Å². The van der Waals surface area contributed by atoms with E-state index in [1.807, 2.05) is 5.06 Å². The lowest BCUT2D eigenvalue weighted by Crippen LogP contribution is -2.36. The molecular weight excluding hydrogens is 214 g/mol. The Labute approximate surface area is 106 Å². The van der Waals surface area contributed by atoms with E-state index in [1.165, 1.54) is 51.4 Å². The molecule has 1 rings (SSSR count). The molecule has 17 heavy (non-hydrogen) atoms. The van der Waals surface area contributed by atoms with Crippen LogP contribution in [0.4, 0.5) is 0 Å². The van der Waals surface area contributed by atoms with Gasteiger partial charge in [-0.15, -0.1) is 0 Å². The highest BCUT2D eigenvalue weighted by Gasteiger charge is 2.09. The first-order chi connectivity index (χ1) is 8.43. The fourth-order valence-corrected chi connectivity index (χ4v) is 2.11. The molecular formula is C14H29NO2. The molecule has 102 valence electrons. The summed E-state index contributed by atoms with van der Waals surface area (Å²) in [4.78, 5) is 5.68. The first-order valence-electron chi connectivity index (χ1n) is 7.39. The van der Waals surface area contributed by atoms with Gasteiger partial charge in [0.1, 0.15) is 0 Å². The second-order valence-corrected chi connectivity index (χ2v) is 4.85. The van der Waals surface area contributed by atoms with Crippen molar-refractivity contribution in [3.8, 4) is 0 Å². The standard InChI is InChI=1S/C14H29NO2/c1-2-3-4-5-6-7-8-9-12-17-15-10-13-16-14-11-15/h2-14H2,1H3. The highest BCUT2D eigenvalue weighted by molar-refractivity contribution is 4.52. The van der Waals surface area contributed by atoms with Crippen LogP contribution in [-0.2, 0) is 9.57 Å². The zero-order valence-corrected chi connectivity index (χ0v) is 11.5. The third-order valence-corrected chi connectivity index (χ3v) is 3.24. The summed E-state index contributed by atoms with van der Waals surface area (Å²) in [6.07, 6.45) is 10.9. The van der Waals surface area contributed by atoms with Crippen molar-refractivity contribution in [3.63, 3.8) is 0 Å². The summed E-state index contributed by atoms with van der Waals surface area (Å²) in [5.74, 6) is 0. The van der Waals surface area contributed by atoms with Crippen molar-refractivity contribution >= 4 is 0 Å². The predicted octanol–water partition coefficient (Wildman–Crippen LogP) is 3.39. The van der Waals surface area contributed by atoms with Crippen LogP contribution in [0.3, 0.4) is 0 Å². The van der Waals surface area contributed by atoms with E-state index in [2.05, 4.69) is 6.92 Å². The van der Waals surface area contributed by atoms with Gasteiger partial charge in [0.25, 0.3) is 0 Å². The van der Waals surface area contributed by atoms with Crippen LogP contribution in [0, 0.1) is 0 Å². The minimum Gasteiger partial charge on any atom is -0.379 e. The Bertz CT molecular complexity index is 158. The zero-order chi connectivity index (χ0) is 12.2. The van der Waals surface area contributed by atoms with Crippen LogP contribution >= 0.6 is 0 Å². The largest absolute Gasteiger partial charge is 0.379 e. The number of ether oxygens (including phenoxy) is 1. The summed E-state index contributed by atoms with van der Waals surface area (Å²) in [7, 11) is 0. The summed E-state index contributed by atoms with van der Waals surface area (Å²) < 4.78 is 5.27. The van der Waals surface area contributed by atoms with Gasteiger partial charge < -0.3 is 4.74 Å². The summed E-state index contributed by atoms with van der Waals surface area (Å²) in [6.45, 7) is 6.64. The van der Waals surface area contributed by atoms with Crippen LogP contribution in [0.1, 0.15) is 58.3 Å². The van der Waals surface area contributed by atoms with Gasteiger partial charge in [0.15, 0.2) is 0 Å². The number of morpholine rings is 1. The van der Waals surface area contributed by atoms with Crippen LogP contribution in [0.2, 0.25) is 0 Å². The third kappa shape index (κ3) is 8.58. The molecule has 3 nitrogen and oxygen atoms in total. The van der Waals surface area contributed by atoms with Crippen molar-refractivity contribution in [2.24, 2.45) is 0 Å². The molecule has 0 radical (unpaired) electrons. The summed E-state index contributed by atoms with van der Waals surface area (Å²) >= 11 is 0. The predicted molar refractivity (Wildman–Crippen MR) is 71.0 cm³/mol. The van der Waals surface area contributed by atoms with Crippen LogP contribution in [-0.4, -0.2) is 38.0 Å². The van der Waals surface area contributed by atoms with Crippen molar-refractivity contribution in [1.82, 2.24) is 5.06 Å². The van der Waals surface area contributed by atoms with E-state index in [-0.39, 0.29) is 0 Å². The lowest BCUT2D eigenvalue weighted by molar-refractivity contribution is -0.194. The lowest BCUT2D eigenvalue weighted by atomic mass is 10.1. The Morgan fingerprint density at radius 2 is 1.47 bits per heavy atom. The number of hydroxylamine groups is 2. The van der Waals surface area contributed by atoms with Crippen molar-refractivity contribution in [3.05, 3.63) is 0 Å². The number of nitrogens with zero attached hydrogens (tertiary/aromatic N) is 1. The molecule has 1 fully saturated rings. The molecule has 3 heteroatoms. The Balaban J connectivity index is 1.75. The van der Waals surface area contributed by atoms with E-state index in [1.54, 1.807) is 0 Å². The number of hydrogen-bond acceptors (Lipinski definition) is 3. The first kappa shape index (κ1) is 14.9. The maximum Gasteiger partial charge on any atom is 0.0685 e. The van der Waals surface area contributed by atoms with Gasteiger partial charge in [-0.1, -0.05) is 51.9 Å². The summed E-state index contributed by atoms with van der Waals surface area (Å²) in [6, 6.07) is 0. The van der Waals surface area contributed by atoms with Crippen LogP contribution in [0.15, 0.2) is 0 Å². The molecule has 0 aromatic rings. The first-order valence-corrected chi connectivity index (χ1v) is 7.39. The van der Waals surface area contributed by atoms with Crippen molar-refractivity contribution in [2.45, 2.75) is 58.3 Å². The van der Waals surface area contributed by atoms with Crippen LogP contribution < -0.4 is 0 Å². The molecule has 1 saturated heterocycles. The topological polar surface area (TPSA) is 21.7 Å². The van der Waals surface area contributed by atoms with E-state index in [4.69, 9.17) is 9.57 Å². The maximum atomic E-state index is 5.68. The Kier molecular flexibility index (Phi) is 9.66. The Morgan fingerprint density at radius 1 is 0.882 bits per heavy atom. The normalized spacial score (nSPS) is 17.5.